The van der Waals surface area contributed by atoms with Crippen molar-refractivity contribution in [3.8, 4) is 0 Å². The number of amides is 6. The van der Waals surface area contributed by atoms with E-state index in [-0.39, 0.29) is 17.4 Å². The standard InChI is InChI=1S/C21H29N5O8SSi/c1-5-24-10-11-25(20(30)19(24)29)21(31)23-16(13-6-8-14(9-7-13)36(2,3)4)17(27)22-15-12-26(18(15)28)35(32,33)34/h6-9,15-16H,5,10-12H2,1-4H3,(H,22,27)(H,23,31)(H,32,33,34). The maximum Gasteiger partial charge on any atom is 0.362 e. The SMILES string of the molecule is CCN1CCN(C(=O)NC(C(=O)NC2CN(S(=O)(=O)O)C2=O)c2ccc([Si](C)(C)C)cc2)C(=O)C1=O. The molecule has 3 rings (SSSR count). The molecule has 2 saturated heterocycles. The second kappa shape index (κ2) is 9.98. The van der Waals surface area contributed by atoms with Gasteiger partial charge >= 0.3 is 28.1 Å². The van der Waals surface area contributed by atoms with Crippen LogP contribution in [0.1, 0.15) is 18.5 Å². The van der Waals surface area contributed by atoms with Crippen LogP contribution in [0.5, 0.6) is 0 Å². The number of piperazine rings is 1. The summed E-state index contributed by atoms with van der Waals surface area (Å²) in [5, 5.41) is 5.91. The van der Waals surface area contributed by atoms with Gasteiger partial charge in [-0.2, -0.15) is 8.42 Å². The lowest BCUT2D eigenvalue weighted by molar-refractivity contribution is -0.153. The number of hydrogen-bond acceptors (Lipinski definition) is 7. The lowest BCUT2D eigenvalue weighted by atomic mass is 10.0. The fourth-order valence-electron chi connectivity index (χ4n) is 3.81. The number of hydrogen-bond donors (Lipinski definition) is 3. The van der Waals surface area contributed by atoms with Gasteiger partial charge in [-0.3, -0.25) is 28.6 Å². The third kappa shape index (κ3) is 5.57. The van der Waals surface area contributed by atoms with E-state index in [1.54, 1.807) is 19.1 Å². The Morgan fingerprint density at radius 2 is 1.69 bits per heavy atom. The molecule has 196 valence electrons. The molecule has 2 fully saturated rings. The van der Waals surface area contributed by atoms with Gasteiger partial charge in [0.05, 0.1) is 14.6 Å². The molecule has 0 radical (unpaired) electrons. The Labute approximate surface area is 209 Å². The summed E-state index contributed by atoms with van der Waals surface area (Å²) in [6.45, 7) is 8.04. The first kappa shape index (κ1) is 27.3. The Bertz CT molecular complexity index is 1200. The molecule has 6 amide bonds. The van der Waals surface area contributed by atoms with E-state index in [2.05, 4.69) is 30.3 Å². The zero-order valence-corrected chi connectivity index (χ0v) is 22.2. The van der Waals surface area contributed by atoms with Gasteiger partial charge in [-0.05, 0) is 12.5 Å². The molecule has 0 spiro atoms. The Hall–Kier alpha value is -3.30. The Morgan fingerprint density at radius 3 is 2.19 bits per heavy atom. The highest BCUT2D eigenvalue weighted by molar-refractivity contribution is 7.84. The zero-order chi connectivity index (χ0) is 27.0. The number of imide groups is 1. The smallest absolute Gasteiger partial charge is 0.341 e. The first-order valence-electron chi connectivity index (χ1n) is 11.3. The predicted octanol–water partition coefficient (Wildman–Crippen LogP) is -1.20. The Morgan fingerprint density at radius 1 is 1.08 bits per heavy atom. The maximum absolute atomic E-state index is 13.1. The van der Waals surface area contributed by atoms with Gasteiger partial charge < -0.3 is 15.5 Å². The third-order valence-electron chi connectivity index (χ3n) is 6.06. The fourth-order valence-corrected chi connectivity index (χ4v) is 5.67. The molecule has 3 N–H and O–H groups in total. The Kier molecular flexibility index (Phi) is 7.57. The molecule has 0 aliphatic carbocycles. The lowest BCUT2D eigenvalue weighted by Gasteiger charge is -2.36. The van der Waals surface area contributed by atoms with E-state index in [1.165, 1.54) is 4.90 Å². The summed E-state index contributed by atoms with van der Waals surface area (Å²) in [6.07, 6.45) is 0. The van der Waals surface area contributed by atoms with Crippen molar-refractivity contribution in [3.05, 3.63) is 29.8 Å². The van der Waals surface area contributed by atoms with Crippen LogP contribution >= 0.6 is 0 Å². The van der Waals surface area contributed by atoms with Crippen LogP contribution in [0.15, 0.2) is 24.3 Å². The van der Waals surface area contributed by atoms with Crippen LogP contribution in [-0.2, 0) is 29.5 Å². The summed E-state index contributed by atoms with van der Waals surface area (Å²) in [5.41, 5.74) is 0.354. The topological polar surface area (TPSA) is 173 Å². The number of benzene rings is 1. The van der Waals surface area contributed by atoms with E-state index >= 15 is 0 Å². The average molecular weight is 540 g/mol. The highest BCUT2D eigenvalue weighted by Gasteiger charge is 2.45. The van der Waals surface area contributed by atoms with E-state index in [0.29, 0.717) is 12.1 Å². The molecule has 0 aromatic heterocycles. The molecule has 2 heterocycles. The fraction of sp³-hybridized carbons (Fsp3) is 0.476. The second-order valence-corrected chi connectivity index (χ2v) is 15.9. The quantitative estimate of drug-likeness (QED) is 0.168. The minimum atomic E-state index is -4.74. The first-order chi connectivity index (χ1) is 16.6. The van der Waals surface area contributed by atoms with Crippen molar-refractivity contribution < 1.29 is 36.9 Å². The van der Waals surface area contributed by atoms with Crippen LogP contribution < -0.4 is 15.8 Å². The molecular formula is C21H29N5O8SSi. The van der Waals surface area contributed by atoms with Crippen molar-refractivity contribution in [2.24, 2.45) is 0 Å². The van der Waals surface area contributed by atoms with Crippen LogP contribution in [0.4, 0.5) is 4.79 Å². The number of rotatable bonds is 7. The number of carbonyl (C=O) groups is 5. The van der Waals surface area contributed by atoms with Crippen LogP contribution in [0, 0.1) is 0 Å². The molecule has 2 unspecified atom stereocenters. The molecule has 2 aliphatic heterocycles. The van der Waals surface area contributed by atoms with Gasteiger partial charge in [-0.25, -0.2) is 9.10 Å². The Balaban J connectivity index is 1.82. The monoisotopic (exact) mass is 539 g/mol. The summed E-state index contributed by atoms with van der Waals surface area (Å²) < 4.78 is 31.6. The molecule has 36 heavy (non-hydrogen) atoms. The summed E-state index contributed by atoms with van der Waals surface area (Å²) >= 11 is 0. The normalized spacial score (nSPS) is 19.6. The molecule has 2 atom stereocenters. The van der Waals surface area contributed by atoms with Gasteiger partial charge in [0, 0.05) is 19.6 Å². The maximum atomic E-state index is 13.1. The first-order valence-corrected chi connectivity index (χ1v) is 16.2. The highest BCUT2D eigenvalue weighted by atomic mass is 32.2. The van der Waals surface area contributed by atoms with E-state index in [9.17, 15) is 32.4 Å². The molecular weight excluding hydrogens is 510 g/mol. The number of nitrogens with zero attached hydrogens (tertiary/aromatic N) is 3. The van der Waals surface area contributed by atoms with Crippen LogP contribution in [0.25, 0.3) is 0 Å². The minimum Gasteiger partial charge on any atom is -0.341 e. The predicted molar refractivity (Wildman–Crippen MR) is 130 cm³/mol. The number of nitrogens with one attached hydrogen (secondary N) is 2. The lowest BCUT2D eigenvalue weighted by Crippen LogP contribution is -2.66. The molecule has 0 saturated carbocycles. The average Bonchev–Trinajstić information content (AvgIpc) is 2.79. The van der Waals surface area contributed by atoms with Gasteiger partial charge in [0.2, 0.25) is 5.91 Å². The van der Waals surface area contributed by atoms with Crippen LogP contribution in [0.3, 0.4) is 0 Å². The third-order valence-corrected chi connectivity index (χ3v) is 9.01. The van der Waals surface area contributed by atoms with Gasteiger partial charge in [0.15, 0.2) is 0 Å². The molecule has 2 aliphatic rings. The molecule has 0 bridgehead atoms. The zero-order valence-electron chi connectivity index (χ0n) is 20.3. The molecule has 1 aromatic carbocycles. The largest absolute Gasteiger partial charge is 0.362 e. The second-order valence-electron chi connectivity index (χ2n) is 9.50. The summed E-state index contributed by atoms with van der Waals surface area (Å²) in [7, 11) is -6.42. The van der Waals surface area contributed by atoms with Gasteiger partial charge in [-0.1, -0.05) is 49.1 Å². The van der Waals surface area contributed by atoms with Crippen LogP contribution in [-0.4, -0.2) is 97.0 Å². The number of β-lactam (4-membered cyclic amide) rings is 1. The number of likely N-dealkylation sites (N-methyl/N-ethyl adjacent to an activating group) is 1. The van der Waals surface area contributed by atoms with Crippen molar-refractivity contribution in [1.29, 1.82) is 0 Å². The number of urea groups is 1. The summed E-state index contributed by atoms with van der Waals surface area (Å²) in [6, 6.07) is 3.41. The van der Waals surface area contributed by atoms with Gasteiger partial charge in [-0.15, -0.1) is 0 Å². The minimum absolute atomic E-state index is 0.0580. The summed E-state index contributed by atoms with van der Waals surface area (Å²) in [4.78, 5) is 64.8. The highest BCUT2D eigenvalue weighted by Crippen LogP contribution is 2.19. The molecule has 13 nitrogen and oxygen atoms in total. The molecule has 1 aromatic rings. The van der Waals surface area contributed by atoms with Gasteiger partial charge in [0.25, 0.3) is 5.91 Å². The van der Waals surface area contributed by atoms with E-state index in [0.717, 1.165) is 10.1 Å². The molecule has 15 heteroatoms. The van der Waals surface area contributed by atoms with Crippen molar-refractivity contribution >= 4 is 53.2 Å². The number of carbonyl (C=O) groups excluding carboxylic acids is 5. The summed E-state index contributed by atoms with van der Waals surface area (Å²) in [5.74, 6) is -3.71. The van der Waals surface area contributed by atoms with Crippen molar-refractivity contribution in [1.82, 2.24) is 24.7 Å². The van der Waals surface area contributed by atoms with Gasteiger partial charge in [0.1, 0.15) is 12.1 Å². The van der Waals surface area contributed by atoms with E-state index in [1.807, 2.05) is 12.1 Å². The van der Waals surface area contributed by atoms with Crippen molar-refractivity contribution in [3.63, 3.8) is 0 Å². The van der Waals surface area contributed by atoms with Crippen molar-refractivity contribution in [2.75, 3.05) is 26.2 Å². The van der Waals surface area contributed by atoms with Crippen LogP contribution in [0.2, 0.25) is 19.6 Å². The van der Waals surface area contributed by atoms with E-state index < -0.39 is 66.7 Å². The van der Waals surface area contributed by atoms with E-state index in [4.69, 9.17) is 4.55 Å². The van der Waals surface area contributed by atoms with Crippen molar-refractivity contribution in [2.45, 2.75) is 38.6 Å².